The van der Waals surface area contributed by atoms with Gasteiger partial charge in [0.25, 0.3) is 0 Å². The van der Waals surface area contributed by atoms with Crippen molar-refractivity contribution in [3.8, 4) is 0 Å². The second-order valence-electron chi connectivity index (χ2n) is 5.20. The third kappa shape index (κ3) is 3.76. The Morgan fingerprint density at radius 2 is 2.25 bits per heavy atom. The van der Waals surface area contributed by atoms with E-state index in [0.29, 0.717) is 17.6 Å². The van der Waals surface area contributed by atoms with Crippen molar-refractivity contribution in [1.29, 1.82) is 0 Å². The lowest BCUT2D eigenvalue weighted by Crippen LogP contribution is -2.36. The fraction of sp³-hybridized carbons (Fsp3) is 0.538. The maximum atomic E-state index is 12.4. The molecule has 1 atom stereocenters. The van der Waals surface area contributed by atoms with Crippen LogP contribution in [0.25, 0.3) is 0 Å². The van der Waals surface area contributed by atoms with Gasteiger partial charge in [0.15, 0.2) is 0 Å². The molecule has 0 aromatic heterocycles. The monoisotopic (exact) mass is 378 g/mol. The lowest BCUT2D eigenvalue weighted by Gasteiger charge is -2.23. The lowest BCUT2D eigenvalue weighted by molar-refractivity contribution is 0.552. The normalized spacial score (nSPS) is 23.1. The number of halogens is 1. The fourth-order valence-corrected chi connectivity index (χ4v) is 5.82. The summed E-state index contributed by atoms with van der Waals surface area (Å²) < 4.78 is 28.0. The quantitative estimate of drug-likeness (QED) is 0.825. The van der Waals surface area contributed by atoms with Crippen LogP contribution in [0.5, 0.6) is 0 Å². The number of benzene rings is 1. The van der Waals surface area contributed by atoms with Crippen LogP contribution < -0.4 is 10.5 Å². The van der Waals surface area contributed by atoms with Crippen molar-refractivity contribution in [2.75, 3.05) is 12.3 Å². The van der Waals surface area contributed by atoms with Gasteiger partial charge in [0, 0.05) is 22.3 Å². The van der Waals surface area contributed by atoms with Crippen molar-refractivity contribution in [3.05, 3.63) is 28.2 Å². The minimum atomic E-state index is -3.49. The summed E-state index contributed by atoms with van der Waals surface area (Å²) in [4.78, 5) is 0.265. The summed E-state index contributed by atoms with van der Waals surface area (Å²) >= 11 is 5.15. The van der Waals surface area contributed by atoms with E-state index in [0.717, 1.165) is 24.2 Å². The zero-order valence-electron chi connectivity index (χ0n) is 11.4. The zero-order chi connectivity index (χ0) is 14.8. The first-order chi connectivity index (χ1) is 9.36. The summed E-state index contributed by atoms with van der Waals surface area (Å²) in [6, 6.07) is 5.09. The van der Waals surface area contributed by atoms with E-state index >= 15 is 0 Å². The smallest absolute Gasteiger partial charge is 0.241 e. The zero-order valence-corrected chi connectivity index (χ0v) is 14.6. The number of hydrogen-bond donors (Lipinski definition) is 2. The van der Waals surface area contributed by atoms with Crippen molar-refractivity contribution in [3.63, 3.8) is 0 Å². The summed E-state index contributed by atoms with van der Waals surface area (Å²) in [6.45, 7) is 2.96. The van der Waals surface area contributed by atoms with Gasteiger partial charge >= 0.3 is 0 Å². The van der Waals surface area contributed by atoms with Crippen LogP contribution in [0.15, 0.2) is 27.6 Å². The van der Waals surface area contributed by atoms with E-state index in [4.69, 9.17) is 5.73 Å². The molecule has 7 heteroatoms. The molecule has 0 saturated carbocycles. The van der Waals surface area contributed by atoms with Crippen molar-refractivity contribution in [2.24, 2.45) is 5.73 Å². The van der Waals surface area contributed by atoms with Crippen LogP contribution in [0.3, 0.4) is 0 Å². The molecule has 20 heavy (non-hydrogen) atoms. The maximum Gasteiger partial charge on any atom is 0.241 e. The highest BCUT2D eigenvalue weighted by molar-refractivity contribution is 9.10. The first-order valence-electron chi connectivity index (χ1n) is 6.48. The van der Waals surface area contributed by atoms with Crippen LogP contribution in [-0.2, 0) is 16.6 Å². The molecule has 0 aliphatic carbocycles. The van der Waals surface area contributed by atoms with E-state index in [2.05, 4.69) is 27.6 Å². The highest BCUT2D eigenvalue weighted by Gasteiger charge is 2.31. The Morgan fingerprint density at radius 3 is 2.80 bits per heavy atom. The molecule has 4 nitrogen and oxygen atoms in total. The molecule has 0 radical (unpaired) electrons. The average molecular weight is 379 g/mol. The molecule has 1 heterocycles. The summed E-state index contributed by atoms with van der Waals surface area (Å²) in [5.41, 5.74) is 6.45. The van der Waals surface area contributed by atoms with Crippen LogP contribution in [0.4, 0.5) is 0 Å². The highest BCUT2D eigenvalue weighted by Crippen LogP contribution is 2.37. The van der Waals surface area contributed by atoms with Gasteiger partial charge in [-0.1, -0.05) is 6.07 Å². The van der Waals surface area contributed by atoms with Crippen LogP contribution in [0.2, 0.25) is 0 Å². The van der Waals surface area contributed by atoms with E-state index in [-0.39, 0.29) is 9.64 Å². The number of hydrogen-bond acceptors (Lipinski definition) is 4. The summed E-state index contributed by atoms with van der Waals surface area (Å²) in [6.07, 6.45) is 2.20. The van der Waals surface area contributed by atoms with Gasteiger partial charge in [0.1, 0.15) is 0 Å². The second kappa shape index (κ2) is 6.36. The SMILES string of the molecule is CC1(CNS(=O)(=O)c2ccc(CN)cc2Br)CCCS1. The molecular formula is C13H19BrN2O2S2. The molecule has 0 amide bonds. The third-order valence-electron chi connectivity index (χ3n) is 3.46. The van der Waals surface area contributed by atoms with Gasteiger partial charge in [0.05, 0.1) is 4.90 Å². The predicted octanol–water partition coefficient (Wildman–Crippen LogP) is 2.47. The van der Waals surface area contributed by atoms with Crippen molar-refractivity contribution in [1.82, 2.24) is 4.72 Å². The molecule has 1 unspecified atom stereocenters. The van der Waals surface area contributed by atoms with Gasteiger partial charge in [-0.25, -0.2) is 13.1 Å². The minimum absolute atomic E-state index is 0.0107. The maximum absolute atomic E-state index is 12.4. The van der Waals surface area contributed by atoms with Crippen LogP contribution in [0.1, 0.15) is 25.3 Å². The van der Waals surface area contributed by atoms with Gasteiger partial charge < -0.3 is 5.73 Å². The molecule has 112 valence electrons. The van der Waals surface area contributed by atoms with E-state index in [1.54, 1.807) is 18.2 Å². The molecule has 1 aliphatic heterocycles. The summed E-state index contributed by atoms with van der Waals surface area (Å²) in [5.74, 6) is 1.10. The number of thioether (sulfide) groups is 1. The van der Waals surface area contributed by atoms with Gasteiger partial charge in [-0.3, -0.25) is 0 Å². The average Bonchev–Trinajstić information content (AvgIpc) is 2.84. The van der Waals surface area contributed by atoms with E-state index in [1.807, 2.05) is 11.8 Å². The summed E-state index contributed by atoms with van der Waals surface area (Å²) in [7, 11) is -3.49. The largest absolute Gasteiger partial charge is 0.326 e. The number of nitrogens with one attached hydrogen (secondary N) is 1. The molecular weight excluding hydrogens is 360 g/mol. The van der Waals surface area contributed by atoms with Crippen molar-refractivity contribution < 1.29 is 8.42 Å². The third-order valence-corrected chi connectivity index (χ3v) is 7.37. The first kappa shape index (κ1) is 16.3. The number of nitrogens with two attached hydrogens (primary N) is 1. The molecule has 1 aromatic rings. The van der Waals surface area contributed by atoms with Gasteiger partial charge in [0.2, 0.25) is 10.0 Å². The molecule has 2 rings (SSSR count). The standard InChI is InChI=1S/C13H19BrN2O2S2/c1-13(5-2-6-19-13)9-16-20(17,18)12-4-3-10(8-15)7-11(12)14/h3-4,7,16H,2,5-6,8-9,15H2,1H3. The highest BCUT2D eigenvalue weighted by atomic mass is 79.9. The Labute approximate surface area is 133 Å². The Kier molecular flexibility index (Phi) is 5.18. The molecule has 1 saturated heterocycles. The van der Waals surface area contributed by atoms with E-state index in [1.165, 1.54) is 0 Å². The lowest BCUT2D eigenvalue weighted by atomic mass is 10.1. The Morgan fingerprint density at radius 1 is 1.50 bits per heavy atom. The Bertz CT molecular complexity index is 584. The van der Waals surface area contributed by atoms with Crippen molar-refractivity contribution >= 4 is 37.7 Å². The Hall–Kier alpha value is -0.0800. The molecule has 1 fully saturated rings. The molecule has 3 N–H and O–H groups in total. The van der Waals surface area contributed by atoms with E-state index in [9.17, 15) is 8.42 Å². The minimum Gasteiger partial charge on any atom is -0.326 e. The van der Waals surface area contributed by atoms with E-state index < -0.39 is 10.0 Å². The summed E-state index contributed by atoms with van der Waals surface area (Å²) in [5, 5.41) is 0. The van der Waals surface area contributed by atoms with Crippen molar-refractivity contribution in [2.45, 2.75) is 36.0 Å². The van der Waals surface area contributed by atoms with Crippen LogP contribution in [-0.4, -0.2) is 25.5 Å². The number of sulfonamides is 1. The van der Waals surface area contributed by atoms with Gasteiger partial charge in [-0.05, 0) is 59.1 Å². The number of rotatable bonds is 5. The topological polar surface area (TPSA) is 72.2 Å². The predicted molar refractivity (Wildman–Crippen MR) is 87.3 cm³/mol. The second-order valence-corrected chi connectivity index (χ2v) is 9.47. The molecule has 0 bridgehead atoms. The first-order valence-corrected chi connectivity index (χ1v) is 9.75. The van der Waals surface area contributed by atoms with Crippen LogP contribution in [0, 0.1) is 0 Å². The van der Waals surface area contributed by atoms with Crippen LogP contribution >= 0.6 is 27.7 Å². The molecule has 0 spiro atoms. The molecule has 1 aliphatic rings. The van der Waals surface area contributed by atoms with Gasteiger partial charge in [-0.2, -0.15) is 11.8 Å². The van der Waals surface area contributed by atoms with Gasteiger partial charge in [-0.15, -0.1) is 0 Å². The fourth-order valence-electron chi connectivity index (χ4n) is 2.19. The Balaban J connectivity index is 2.14. The molecule has 1 aromatic carbocycles.